The highest BCUT2D eigenvalue weighted by Gasteiger charge is 2.49. The Morgan fingerprint density at radius 3 is 3.05 bits per heavy atom. The second-order valence-corrected chi connectivity index (χ2v) is 6.18. The van der Waals surface area contributed by atoms with Crippen LogP contribution in [0.4, 0.5) is 0 Å². The molecule has 22 heavy (non-hydrogen) atoms. The number of carbonyl (C=O) groups is 1. The molecule has 1 saturated heterocycles. The Morgan fingerprint density at radius 1 is 1.45 bits per heavy atom. The number of carbonyl (C=O) groups excluding carboxylic acids is 1. The summed E-state index contributed by atoms with van der Waals surface area (Å²) >= 11 is 0. The van der Waals surface area contributed by atoms with Gasteiger partial charge in [-0.05, 0) is 43.9 Å². The molecule has 124 valence electrons. The Bertz CT molecular complexity index is 512. The summed E-state index contributed by atoms with van der Waals surface area (Å²) < 4.78 is 0. The third-order valence-corrected chi connectivity index (χ3v) is 5.02. The molecule has 2 aliphatic rings. The van der Waals surface area contributed by atoms with E-state index in [2.05, 4.69) is 15.6 Å². The lowest BCUT2D eigenvalue weighted by Gasteiger charge is -2.37. The van der Waals surface area contributed by atoms with Crippen LogP contribution in [0.1, 0.15) is 36.9 Å². The van der Waals surface area contributed by atoms with Crippen molar-refractivity contribution < 1.29 is 4.79 Å². The Balaban J connectivity index is 0.00000121. The summed E-state index contributed by atoms with van der Waals surface area (Å²) in [6.07, 6.45) is 6.43. The van der Waals surface area contributed by atoms with Gasteiger partial charge in [-0.2, -0.15) is 0 Å². The van der Waals surface area contributed by atoms with E-state index >= 15 is 0 Å². The van der Waals surface area contributed by atoms with Crippen molar-refractivity contribution in [2.75, 3.05) is 13.1 Å². The molecule has 2 heterocycles. The van der Waals surface area contributed by atoms with E-state index in [0.717, 1.165) is 30.8 Å². The lowest BCUT2D eigenvalue weighted by molar-refractivity contribution is -0.134. The lowest BCUT2D eigenvalue weighted by atomic mass is 9.67. The van der Waals surface area contributed by atoms with Crippen LogP contribution in [0.25, 0.3) is 0 Å². The van der Waals surface area contributed by atoms with Gasteiger partial charge in [0.05, 0.1) is 17.7 Å². The van der Waals surface area contributed by atoms with Crippen molar-refractivity contribution in [2.45, 2.75) is 39.2 Å². The number of pyridine rings is 1. The van der Waals surface area contributed by atoms with Crippen molar-refractivity contribution in [3.05, 3.63) is 29.6 Å². The zero-order valence-electron chi connectivity index (χ0n) is 12.9. The van der Waals surface area contributed by atoms with Gasteiger partial charge in [0.2, 0.25) is 5.91 Å². The minimum absolute atomic E-state index is 0. The van der Waals surface area contributed by atoms with E-state index in [1.165, 1.54) is 19.3 Å². The first-order chi connectivity index (χ1) is 9.72. The van der Waals surface area contributed by atoms with E-state index in [-0.39, 0.29) is 36.1 Å². The Morgan fingerprint density at radius 2 is 2.27 bits per heavy atom. The highest BCUT2D eigenvalue weighted by atomic mass is 35.5. The van der Waals surface area contributed by atoms with Crippen LogP contribution in [-0.2, 0) is 11.3 Å². The van der Waals surface area contributed by atoms with Gasteiger partial charge in [-0.3, -0.25) is 9.78 Å². The second kappa shape index (κ2) is 8.14. The van der Waals surface area contributed by atoms with Gasteiger partial charge in [0.1, 0.15) is 0 Å². The first kappa shape index (κ1) is 19.2. The summed E-state index contributed by atoms with van der Waals surface area (Å²) in [5.74, 6) is 0.735. The molecule has 4 nitrogen and oxygen atoms in total. The van der Waals surface area contributed by atoms with Crippen LogP contribution in [0.15, 0.2) is 18.3 Å². The van der Waals surface area contributed by atoms with Crippen LogP contribution in [0.5, 0.6) is 0 Å². The van der Waals surface area contributed by atoms with Crippen LogP contribution < -0.4 is 10.6 Å². The number of fused-ring (bicyclic) bond motifs is 1. The van der Waals surface area contributed by atoms with Gasteiger partial charge < -0.3 is 10.6 Å². The predicted octanol–water partition coefficient (Wildman–Crippen LogP) is 2.63. The molecule has 6 heteroatoms. The van der Waals surface area contributed by atoms with Crippen LogP contribution in [0.2, 0.25) is 0 Å². The lowest BCUT2D eigenvalue weighted by Crippen LogP contribution is -2.47. The maximum absolute atomic E-state index is 12.7. The van der Waals surface area contributed by atoms with Crippen molar-refractivity contribution in [1.82, 2.24) is 15.6 Å². The van der Waals surface area contributed by atoms with Crippen LogP contribution >= 0.6 is 24.8 Å². The number of hydrogen-bond donors (Lipinski definition) is 2. The first-order valence-corrected chi connectivity index (χ1v) is 7.62. The van der Waals surface area contributed by atoms with Gasteiger partial charge in [-0.25, -0.2) is 0 Å². The summed E-state index contributed by atoms with van der Waals surface area (Å²) in [6, 6.07) is 3.96. The topological polar surface area (TPSA) is 54.0 Å². The molecular weight excluding hydrogens is 321 g/mol. The Hall–Kier alpha value is -0.840. The van der Waals surface area contributed by atoms with Crippen LogP contribution in [0.3, 0.4) is 0 Å². The molecule has 1 saturated carbocycles. The predicted molar refractivity (Wildman–Crippen MR) is 92.6 cm³/mol. The minimum Gasteiger partial charge on any atom is -0.350 e. The number of rotatable bonds is 3. The first-order valence-electron chi connectivity index (χ1n) is 7.62. The van der Waals surface area contributed by atoms with Gasteiger partial charge in [0.25, 0.3) is 0 Å². The van der Waals surface area contributed by atoms with Gasteiger partial charge in [-0.15, -0.1) is 24.8 Å². The summed E-state index contributed by atoms with van der Waals surface area (Å²) in [5, 5.41) is 6.55. The molecule has 0 bridgehead atoms. The monoisotopic (exact) mass is 345 g/mol. The quantitative estimate of drug-likeness (QED) is 0.885. The molecule has 1 aromatic heterocycles. The van der Waals surface area contributed by atoms with Crippen molar-refractivity contribution >= 4 is 30.7 Å². The van der Waals surface area contributed by atoms with Crippen molar-refractivity contribution in [2.24, 2.45) is 11.3 Å². The van der Waals surface area contributed by atoms with E-state index < -0.39 is 0 Å². The molecular formula is C16H25Cl2N3O. The summed E-state index contributed by atoms with van der Waals surface area (Å²) in [5.41, 5.74) is 1.94. The minimum atomic E-state index is -0.166. The van der Waals surface area contributed by atoms with E-state index in [9.17, 15) is 4.79 Å². The highest BCUT2D eigenvalue weighted by molar-refractivity contribution is 5.85. The number of nitrogens with one attached hydrogen (secondary N) is 2. The number of amides is 1. The van der Waals surface area contributed by atoms with E-state index in [1.807, 2.05) is 19.1 Å². The molecule has 1 aromatic rings. The molecule has 1 amide bonds. The van der Waals surface area contributed by atoms with Gasteiger partial charge in [-0.1, -0.05) is 18.9 Å². The van der Waals surface area contributed by atoms with Gasteiger partial charge in [0.15, 0.2) is 0 Å². The fraction of sp³-hybridized carbons (Fsp3) is 0.625. The summed E-state index contributed by atoms with van der Waals surface area (Å²) in [7, 11) is 0. The largest absolute Gasteiger partial charge is 0.350 e. The summed E-state index contributed by atoms with van der Waals surface area (Å²) in [4.78, 5) is 17.1. The van der Waals surface area contributed by atoms with Crippen molar-refractivity contribution in [3.63, 3.8) is 0 Å². The molecule has 2 atom stereocenters. The average molecular weight is 346 g/mol. The van der Waals surface area contributed by atoms with Crippen LogP contribution in [0, 0.1) is 18.3 Å². The zero-order valence-corrected chi connectivity index (χ0v) is 14.6. The summed E-state index contributed by atoms with van der Waals surface area (Å²) in [6.45, 7) is 4.41. The molecule has 1 aliphatic carbocycles. The molecule has 1 aliphatic heterocycles. The highest BCUT2D eigenvalue weighted by Crippen LogP contribution is 2.43. The van der Waals surface area contributed by atoms with Crippen molar-refractivity contribution in [1.29, 1.82) is 0 Å². The maximum Gasteiger partial charge on any atom is 0.228 e. The van der Waals surface area contributed by atoms with E-state index in [4.69, 9.17) is 0 Å². The number of halogens is 2. The average Bonchev–Trinajstić information content (AvgIpc) is 2.91. The molecule has 0 spiro atoms. The van der Waals surface area contributed by atoms with Crippen molar-refractivity contribution in [3.8, 4) is 0 Å². The van der Waals surface area contributed by atoms with Gasteiger partial charge >= 0.3 is 0 Å². The van der Waals surface area contributed by atoms with Crippen LogP contribution in [-0.4, -0.2) is 24.0 Å². The van der Waals surface area contributed by atoms with E-state index in [0.29, 0.717) is 12.5 Å². The maximum atomic E-state index is 12.7. The molecule has 0 radical (unpaired) electrons. The molecule has 2 N–H and O–H groups in total. The molecule has 0 aromatic carbocycles. The fourth-order valence-corrected chi connectivity index (χ4v) is 3.73. The number of hydrogen-bond acceptors (Lipinski definition) is 3. The molecule has 2 fully saturated rings. The third kappa shape index (κ3) is 3.55. The second-order valence-electron chi connectivity index (χ2n) is 6.18. The van der Waals surface area contributed by atoms with E-state index in [1.54, 1.807) is 6.20 Å². The smallest absolute Gasteiger partial charge is 0.228 e. The molecule has 3 rings (SSSR count). The SMILES string of the molecule is Cc1cccnc1CNC(=O)[C@@]12CCCC[C@H]1CNC2.Cl.Cl. The normalized spacial score (nSPS) is 26.3. The Labute approximate surface area is 144 Å². The number of aromatic nitrogens is 1. The Kier molecular flexibility index (Phi) is 7.10. The zero-order chi connectivity index (χ0) is 14.0. The number of aryl methyl sites for hydroxylation is 1. The number of nitrogens with zero attached hydrogens (tertiary/aromatic N) is 1. The standard InChI is InChI=1S/C16H23N3O.2ClH/c1-12-5-4-8-18-14(12)10-19-15(20)16-7-3-2-6-13(16)9-17-11-16;;/h4-5,8,13,17H,2-3,6-7,9-11H2,1H3,(H,19,20);2*1H/t13-,16+;;/m0../s1. The fourth-order valence-electron chi connectivity index (χ4n) is 3.73. The third-order valence-electron chi connectivity index (χ3n) is 5.02. The van der Waals surface area contributed by atoms with Gasteiger partial charge in [0, 0.05) is 12.7 Å². The molecule has 0 unspecified atom stereocenters.